The summed E-state index contributed by atoms with van der Waals surface area (Å²) < 4.78 is 6.22. The Kier molecular flexibility index (Phi) is 9.68. The van der Waals surface area contributed by atoms with E-state index in [1.807, 2.05) is 24.9 Å². The van der Waals surface area contributed by atoms with Gasteiger partial charge in [-0.2, -0.15) is 11.8 Å². The van der Waals surface area contributed by atoms with Gasteiger partial charge in [0, 0.05) is 24.9 Å². The van der Waals surface area contributed by atoms with Gasteiger partial charge in [-0.3, -0.25) is 4.99 Å². The first-order chi connectivity index (χ1) is 10.7. The maximum Gasteiger partial charge on any atom is 0.191 e. The second-order valence-electron chi connectivity index (χ2n) is 5.41. The second kappa shape index (κ2) is 10.7. The monoisotopic (exact) mass is 513 g/mol. The Morgan fingerprint density at radius 3 is 2.78 bits per heavy atom. The van der Waals surface area contributed by atoms with Crippen molar-refractivity contribution in [2.24, 2.45) is 4.99 Å². The van der Waals surface area contributed by atoms with E-state index in [9.17, 15) is 0 Å². The summed E-state index contributed by atoms with van der Waals surface area (Å²) in [6.07, 6.45) is 5.93. The van der Waals surface area contributed by atoms with E-state index in [0.717, 1.165) is 28.0 Å². The van der Waals surface area contributed by atoms with Crippen molar-refractivity contribution in [2.75, 3.05) is 20.4 Å². The lowest BCUT2D eigenvalue weighted by atomic mass is 10.2. The standard InChI is InChI=1S/C16H24BrN3OS.HI/c1-18-16(20-12-5-6-13(9-12)22-3)19-10-11-4-7-15(21-2)14(17)8-11;/h4,7-8,12-13H,5-6,9-10H2,1-3H3,(H2,18,19,20);1H. The Labute approximate surface area is 168 Å². The number of rotatable bonds is 5. The number of halogens is 2. The molecule has 1 aromatic carbocycles. The zero-order valence-electron chi connectivity index (χ0n) is 13.8. The summed E-state index contributed by atoms with van der Waals surface area (Å²) in [7, 11) is 3.49. The van der Waals surface area contributed by atoms with Crippen LogP contribution in [-0.4, -0.2) is 37.7 Å². The van der Waals surface area contributed by atoms with E-state index in [4.69, 9.17) is 4.74 Å². The minimum Gasteiger partial charge on any atom is -0.496 e. The van der Waals surface area contributed by atoms with Crippen molar-refractivity contribution in [3.05, 3.63) is 28.2 Å². The van der Waals surface area contributed by atoms with Crippen molar-refractivity contribution in [1.29, 1.82) is 0 Å². The van der Waals surface area contributed by atoms with Crippen molar-refractivity contribution >= 4 is 57.6 Å². The van der Waals surface area contributed by atoms with Gasteiger partial charge in [-0.25, -0.2) is 0 Å². The molecule has 1 aliphatic rings. The number of guanidine groups is 1. The van der Waals surface area contributed by atoms with Crippen LogP contribution in [-0.2, 0) is 6.54 Å². The van der Waals surface area contributed by atoms with E-state index >= 15 is 0 Å². The van der Waals surface area contributed by atoms with Gasteiger partial charge in [-0.1, -0.05) is 6.07 Å². The molecule has 130 valence electrons. The first-order valence-electron chi connectivity index (χ1n) is 7.48. The number of aliphatic imine (C=N–C) groups is 1. The van der Waals surface area contributed by atoms with Crippen LogP contribution in [0.5, 0.6) is 5.75 Å². The topological polar surface area (TPSA) is 45.7 Å². The summed E-state index contributed by atoms with van der Waals surface area (Å²) >= 11 is 5.48. The van der Waals surface area contributed by atoms with Gasteiger partial charge >= 0.3 is 0 Å². The molecule has 7 heteroatoms. The summed E-state index contributed by atoms with van der Waals surface area (Å²) in [5.41, 5.74) is 1.18. The Morgan fingerprint density at radius 1 is 1.43 bits per heavy atom. The Hall–Kier alpha value is -0.150. The molecule has 23 heavy (non-hydrogen) atoms. The van der Waals surface area contributed by atoms with E-state index in [1.165, 1.54) is 24.8 Å². The number of ether oxygens (including phenoxy) is 1. The largest absolute Gasteiger partial charge is 0.496 e. The lowest BCUT2D eigenvalue weighted by Crippen LogP contribution is -2.42. The second-order valence-corrected chi connectivity index (χ2v) is 7.40. The molecule has 2 unspecified atom stereocenters. The van der Waals surface area contributed by atoms with Crippen LogP contribution in [0, 0.1) is 0 Å². The number of nitrogens with one attached hydrogen (secondary N) is 2. The summed E-state index contributed by atoms with van der Waals surface area (Å²) in [4.78, 5) is 4.32. The smallest absolute Gasteiger partial charge is 0.191 e. The molecule has 4 nitrogen and oxygen atoms in total. The Balaban J connectivity index is 0.00000264. The molecule has 1 fully saturated rings. The van der Waals surface area contributed by atoms with Crippen LogP contribution in [0.1, 0.15) is 24.8 Å². The Bertz CT molecular complexity index is 530. The normalized spacial score (nSPS) is 20.8. The Morgan fingerprint density at radius 2 is 2.22 bits per heavy atom. The van der Waals surface area contributed by atoms with Gasteiger partial charge < -0.3 is 15.4 Å². The molecule has 0 spiro atoms. The molecule has 1 saturated carbocycles. The van der Waals surface area contributed by atoms with Crippen molar-refractivity contribution in [1.82, 2.24) is 10.6 Å². The van der Waals surface area contributed by atoms with Crippen molar-refractivity contribution in [2.45, 2.75) is 37.1 Å². The molecule has 0 bridgehead atoms. The molecule has 0 radical (unpaired) electrons. The molecule has 0 saturated heterocycles. The van der Waals surface area contributed by atoms with Gasteiger partial charge in [-0.05, 0) is 59.1 Å². The van der Waals surface area contributed by atoms with Crippen LogP contribution in [0.25, 0.3) is 0 Å². The van der Waals surface area contributed by atoms with E-state index in [2.05, 4.69) is 49.9 Å². The van der Waals surface area contributed by atoms with E-state index in [0.29, 0.717) is 6.04 Å². The molecule has 2 N–H and O–H groups in total. The van der Waals surface area contributed by atoms with E-state index in [1.54, 1.807) is 7.11 Å². The number of benzene rings is 1. The van der Waals surface area contributed by atoms with E-state index in [-0.39, 0.29) is 24.0 Å². The predicted molar refractivity (Wildman–Crippen MR) is 114 cm³/mol. The van der Waals surface area contributed by atoms with E-state index < -0.39 is 0 Å². The number of hydrogen-bond acceptors (Lipinski definition) is 3. The average molecular weight is 514 g/mol. The summed E-state index contributed by atoms with van der Waals surface area (Å²) in [6, 6.07) is 6.63. The van der Waals surface area contributed by atoms with Crippen molar-refractivity contribution in [3.63, 3.8) is 0 Å². The first-order valence-corrected chi connectivity index (χ1v) is 9.56. The maximum absolute atomic E-state index is 5.25. The zero-order valence-corrected chi connectivity index (χ0v) is 18.5. The average Bonchev–Trinajstić information content (AvgIpc) is 2.99. The van der Waals surface area contributed by atoms with Gasteiger partial charge in [0.2, 0.25) is 0 Å². The minimum atomic E-state index is 0. The number of thioether (sulfide) groups is 1. The van der Waals surface area contributed by atoms with Gasteiger partial charge in [0.05, 0.1) is 11.6 Å². The van der Waals surface area contributed by atoms with Gasteiger partial charge in [-0.15, -0.1) is 24.0 Å². The predicted octanol–water partition coefficient (Wildman–Crippen LogP) is 4.02. The van der Waals surface area contributed by atoms with Crippen LogP contribution in [0.4, 0.5) is 0 Å². The van der Waals surface area contributed by atoms with Crippen LogP contribution < -0.4 is 15.4 Å². The number of methoxy groups -OCH3 is 1. The lowest BCUT2D eigenvalue weighted by Gasteiger charge is -2.17. The van der Waals surface area contributed by atoms with Gasteiger partial charge in [0.1, 0.15) is 5.75 Å². The highest BCUT2D eigenvalue weighted by Crippen LogP contribution is 2.28. The van der Waals surface area contributed by atoms with Crippen molar-refractivity contribution in [3.8, 4) is 5.75 Å². The third-order valence-electron chi connectivity index (χ3n) is 3.96. The first kappa shape index (κ1) is 20.9. The van der Waals surface area contributed by atoms with Crippen LogP contribution >= 0.6 is 51.7 Å². The molecule has 0 aromatic heterocycles. The molecular weight excluding hydrogens is 489 g/mol. The number of hydrogen-bond donors (Lipinski definition) is 2. The highest BCUT2D eigenvalue weighted by atomic mass is 127. The summed E-state index contributed by atoms with van der Waals surface area (Å²) in [5.74, 6) is 1.72. The fraction of sp³-hybridized carbons (Fsp3) is 0.562. The van der Waals surface area contributed by atoms with Gasteiger partial charge in [0.15, 0.2) is 5.96 Å². The molecule has 0 amide bonds. The molecule has 0 heterocycles. The third kappa shape index (κ3) is 6.34. The fourth-order valence-electron chi connectivity index (χ4n) is 2.68. The maximum atomic E-state index is 5.25. The SMILES string of the molecule is CN=C(NCc1ccc(OC)c(Br)c1)NC1CCC(SC)C1.I. The summed E-state index contributed by atoms with van der Waals surface area (Å²) in [5, 5.41) is 7.69. The molecule has 1 aliphatic carbocycles. The van der Waals surface area contributed by atoms with Crippen LogP contribution in [0.15, 0.2) is 27.7 Å². The quantitative estimate of drug-likeness (QED) is 0.354. The third-order valence-corrected chi connectivity index (χ3v) is 5.67. The number of nitrogens with zero attached hydrogens (tertiary/aromatic N) is 1. The highest BCUT2D eigenvalue weighted by molar-refractivity contribution is 14.0. The summed E-state index contributed by atoms with van der Waals surface area (Å²) in [6.45, 7) is 0.737. The minimum absolute atomic E-state index is 0. The molecular formula is C16H25BrIN3OS. The molecule has 2 atom stereocenters. The molecule has 0 aliphatic heterocycles. The molecule has 1 aromatic rings. The van der Waals surface area contributed by atoms with Crippen LogP contribution in [0.2, 0.25) is 0 Å². The van der Waals surface area contributed by atoms with Crippen LogP contribution in [0.3, 0.4) is 0 Å². The highest BCUT2D eigenvalue weighted by Gasteiger charge is 2.24. The molecule has 2 rings (SSSR count). The van der Waals surface area contributed by atoms with Gasteiger partial charge in [0.25, 0.3) is 0 Å². The fourth-order valence-corrected chi connectivity index (χ4v) is 4.06. The zero-order chi connectivity index (χ0) is 15.9. The van der Waals surface area contributed by atoms with Crippen molar-refractivity contribution < 1.29 is 4.74 Å². The lowest BCUT2D eigenvalue weighted by molar-refractivity contribution is 0.412.